The van der Waals surface area contributed by atoms with Crippen LogP contribution >= 0.6 is 0 Å². The van der Waals surface area contributed by atoms with Crippen LogP contribution < -0.4 is 4.90 Å². The number of hydrogen-bond donors (Lipinski definition) is 1. The molecule has 0 aliphatic carbocycles. The fourth-order valence-electron chi connectivity index (χ4n) is 2.71. The zero-order valence-corrected chi connectivity index (χ0v) is 13.7. The molecule has 0 unspecified atom stereocenters. The van der Waals surface area contributed by atoms with Gasteiger partial charge in [0, 0.05) is 26.2 Å². The molecule has 1 aromatic heterocycles. The zero-order valence-electron chi connectivity index (χ0n) is 13.7. The van der Waals surface area contributed by atoms with Crippen LogP contribution in [0.5, 0.6) is 0 Å². The molecule has 1 aliphatic rings. The van der Waals surface area contributed by atoms with E-state index in [9.17, 15) is 9.90 Å². The molecule has 0 atom stereocenters. The maximum atomic E-state index is 11.6. The van der Waals surface area contributed by atoms with Crippen LogP contribution in [0.1, 0.15) is 21.6 Å². The summed E-state index contributed by atoms with van der Waals surface area (Å²) < 4.78 is 0. The van der Waals surface area contributed by atoms with Crippen molar-refractivity contribution in [3.8, 4) is 5.69 Å². The van der Waals surface area contributed by atoms with Crippen LogP contribution in [0.3, 0.4) is 0 Å². The van der Waals surface area contributed by atoms with E-state index in [1.165, 1.54) is 4.80 Å². The first-order chi connectivity index (χ1) is 11.0. The van der Waals surface area contributed by atoms with E-state index in [1.54, 1.807) is 0 Å². The van der Waals surface area contributed by atoms with Gasteiger partial charge in [-0.15, -0.1) is 15.0 Å². The highest BCUT2D eigenvalue weighted by molar-refractivity contribution is 5.91. The van der Waals surface area contributed by atoms with Gasteiger partial charge in [0.15, 0.2) is 5.82 Å². The van der Waals surface area contributed by atoms with Gasteiger partial charge in [-0.3, -0.25) is 0 Å². The molecule has 1 saturated heterocycles. The van der Waals surface area contributed by atoms with E-state index in [2.05, 4.69) is 22.1 Å². The van der Waals surface area contributed by atoms with Gasteiger partial charge in [-0.05, 0) is 38.1 Å². The Morgan fingerprint density at radius 2 is 1.83 bits per heavy atom. The van der Waals surface area contributed by atoms with Crippen molar-refractivity contribution in [3.05, 3.63) is 35.0 Å². The van der Waals surface area contributed by atoms with E-state index in [4.69, 9.17) is 0 Å². The van der Waals surface area contributed by atoms with Crippen LogP contribution in [0.25, 0.3) is 5.69 Å². The average molecular weight is 315 g/mol. The maximum absolute atomic E-state index is 11.6. The van der Waals surface area contributed by atoms with Crippen molar-refractivity contribution in [3.63, 3.8) is 0 Å². The van der Waals surface area contributed by atoms with E-state index in [0.29, 0.717) is 5.82 Å². The smallest absolute Gasteiger partial charge is 0.360 e. The Morgan fingerprint density at radius 1 is 1.13 bits per heavy atom. The summed E-state index contributed by atoms with van der Waals surface area (Å²) in [5.41, 5.74) is 2.91. The second-order valence-corrected chi connectivity index (χ2v) is 6.05. The normalized spacial score (nSPS) is 15.9. The van der Waals surface area contributed by atoms with Crippen LogP contribution in [0.2, 0.25) is 0 Å². The number of hydrogen-bond acceptors (Lipinski definition) is 5. The standard InChI is InChI=1S/C16H21N5O2/c1-11-4-5-12(2)13(10-11)21-17-14(16(22)23)15(18-21)20-8-6-19(3)7-9-20/h4-5,10H,6-9H2,1-3H3,(H,22,23). The van der Waals surface area contributed by atoms with Gasteiger partial charge >= 0.3 is 5.97 Å². The van der Waals surface area contributed by atoms with Gasteiger partial charge in [0.1, 0.15) is 0 Å². The number of aromatic carboxylic acids is 1. The first-order valence-corrected chi connectivity index (χ1v) is 7.67. The topological polar surface area (TPSA) is 74.5 Å². The molecule has 1 aliphatic heterocycles. The molecular formula is C16H21N5O2. The number of nitrogens with zero attached hydrogens (tertiary/aromatic N) is 5. The van der Waals surface area contributed by atoms with Crippen molar-refractivity contribution in [1.29, 1.82) is 0 Å². The molecule has 0 saturated carbocycles. The second-order valence-electron chi connectivity index (χ2n) is 6.05. The average Bonchev–Trinajstić information content (AvgIpc) is 2.96. The summed E-state index contributed by atoms with van der Waals surface area (Å²) in [6, 6.07) is 5.97. The molecule has 2 aromatic rings. The van der Waals surface area contributed by atoms with E-state index < -0.39 is 5.97 Å². The minimum Gasteiger partial charge on any atom is -0.476 e. The van der Waals surface area contributed by atoms with Crippen molar-refractivity contribution < 1.29 is 9.90 Å². The van der Waals surface area contributed by atoms with Crippen LogP contribution in [0.4, 0.5) is 5.82 Å². The Morgan fingerprint density at radius 3 is 2.48 bits per heavy atom. The van der Waals surface area contributed by atoms with Gasteiger partial charge in [0.2, 0.25) is 5.69 Å². The molecule has 1 fully saturated rings. The van der Waals surface area contributed by atoms with Gasteiger partial charge in [0.05, 0.1) is 5.69 Å². The molecule has 3 rings (SSSR count). The second kappa shape index (κ2) is 6.00. The first kappa shape index (κ1) is 15.5. The Labute approximate surface area is 135 Å². The largest absolute Gasteiger partial charge is 0.476 e. The molecule has 2 heterocycles. The molecular weight excluding hydrogens is 294 g/mol. The van der Waals surface area contributed by atoms with E-state index in [0.717, 1.165) is 43.0 Å². The molecule has 0 radical (unpaired) electrons. The number of aromatic nitrogens is 3. The SMILES string of the molecule is Cc1ccc(C)c(-n2nc(C(=O)O)c(N3CCN(C)CC3)n2)c1. The quantitative estimate of drug-likeness (QED) is 0.921. The highest BCUT2D eigenvalue weighted by atomic mass is 16.4. The minimum atomic E-state index is -1.05. The van der Waals surface area contributed by atoms with Gasteiger partial charge in [-0.1, -0.05) is 12.1 Å². The van der Waals surface area contributed by atoms with E-state index >= 15 is 0 Å². The summed E-state index contributed by atoms with van der Waals surface area (Å²) in [7, 11) is 2.06. The Hall–Kier alpha value is -2.41. The molecule has 122 valence electrons. The van der Waals surface area contributed by atoms with Crippen molar-refractivity contribution in [2.75, 3.05) is 38.1 Å². The Bertz CT molecular complexity index is 732. The van der Waals surface area contributed by atoms with Crippen molar-refractivity contribution in [2.45, 2.75) is 13.8 Å². The molecule has 7 heteroatoms. The Kier molecular flexibility index (Phi) is 4.04. The van der Waals surface area contributed by atoms with Crippen molar-refractivity contribution in [2.24, 2.45) is 0 Å². The molecule has 1 N–H and O–H groups in total. The van der Waals surface area contributed by atoms with Crippen LogP contribution in [-0.4, -0.2) is 64.2 Å². The minimum absolute atomic E-state index is 0.00968. The Balaban J connectivity index is 2.02. The number of benzene rings is 1. The summed E-state index contributed by atoms with van der Waals surface area (Å²) in [6.07, 6.45) is 0. The van der Waals surface area contributed by atoms with Crippen molar-refractivity contribution >= 4 is 11.8 Å². The number of carboxylic acid groups (broad SMARTS) is 1. The molecule has 1 aromatic carbocycles. The van der Waals surface area contributed by atoms with Gasteiger partial charge in [-0.25, -0.2) is 4.79 Å². The number of carbonyl (C=O) groups is 1. The monoisotopic (exact) mass is 315 g/mol. The molecule has 0 spiro atoms. The fourth-order valence-corrected chi connectivity index (χ4v) is 2.71. The van der Waals surface area contributed by atoms with Crippen LogP contribution in [0, 0.1) is 13.8 Å². The molecule has 23 heavy (non-hydrogen) atoms. The summed E-state index contributed by atoms with van der Waals surface area (Å²) in [5.74, 6) is -0.595. The highest BCUT2D eigenvalue weighted by Crippen LogP contribution is 2.21. The summed E-state index contributed by atoms with van der Waals surface area (Å²) in [5, 5.41) is 18.2. The zero-order chi connectivity index (χ0) is 16.6. The highest BCUT2D eigenvalue weighted by Gasteiger charge is 2.26. The number of anilines is 1. The van der Waals surface area contributed by atoms with Gasteiger partial charge < -0.3 is 14.9 Å². The number of aryl methyl sites for hydroxylation is 2. The van der Waals surface area contributed by atoms with Gasteiger partial charge in [0.25, 0.3) is 0 Å². The molecule has 7 nitrogen and oxygen atoms in total. The third-order valence-corrected chi connectivity index (χ3v) is 4.18. The van der Waals surface area contributed by atoms with Gasteiger partial charge in [-0.2, -0.15) is 0 Å². The van der Waals surface area contributed by atoms with Crippen molar-refractivity contribution in [1.82, 2.24) is 19.9 Å². The fraction of sp³-hybridized carbons (Fsp3) is 0.438. The number of likely N-dealkylation sites (N-methyl/N-ethyl adjacent to an activating group) is 1. The van der Waals surface area contributed by atoms with Crippen LogP contribution in [0.15, 0.2) is 18.2 Å². The summed E-state index contributed by atoms with van der Waals surface area (Å²) in [4.78, 5) is 17.2. The predicted octanol–water partition coefficient (Wildman–Crippen LogP) is 1.33. The molecule has 0 amide bonds. The maximum Gasteiger partial charge on any atom is 0.360 e. The van der Waals surface area contributed by atoms with E-state index in [-0.39, 0.29) is 5.69 Å². The lowest BCUT2D eigenvalue weighted by atomic mass is 10.1. The third-order valence-electron chi connectivity index (χ3n) is 4.18. The lowest BCUT2D eigenvalue weighted by molar-refractivity contribution is 0.0690. The van der Waals surface area contributed by atoms with E-state index in [1.807, 2.05) is 36.9 Å². The first-order valence-electron chi connectivity index (χ1n) is 7.67. The summed E-state index contributed by atoms with van der Waals surface area (Å²) in [6.45, 7) is 7.23. The molecule has 0 bridgehead atoms. The third kappa shape index (κ3) is 3.05. The van der Waals surface area contributed by atoms with Crippen LogP contribution in [-0.2, 0) is 0 Å². The lowest BCUT2D eigenvalue weighted by Gasteiger charge is -2.32. The number of carboxylic acids is 1. The number of rotatable bonds is 3. The number of piperazine rings is 1. The summed E-state index contributed by atoms with van der Waals surface area (Å²) >= 11 is 0. The lowest BCUT2D eigenvalue weighted by Crippen LogP contribution is -2.45. The predicted molar refractivity (Wildman–Crippen MR) is 87.5 cm³/mol.